The molecule has 9 heteroatoms. The first-order valence-electron chi connectivity index (χ1n) is 5.91. The number of benzene rings is 1. The van der Waals surface area contributed by atoms with Crippen LogP contribution in [0.5, 0.6) is 0 Å². The van der Waals surface area contributed by atoms with Crippen LogP contribution in [0.15, 0.2) is 29.2 Å². The predicted molar refractivity (Wildman–Crippen MR) is 76.3 cm³/mol. The Bertz CT molecular complexity index is 576. The minimum absolute atomic E-state index is 0. The van der Waals surface area contributed by atoms with Crippen LogP contribution >= 0.6 is 12.4 Å². The van der Waals surface area contributed by atoms with E-state index in [2.05, 4.69) is 0 Å². The van der Waals surface area contributed by atoms with Gasteiger partial charge < -0.3 is 5.73 Å². The molecule has 1 fully saturated rings. The van der Waals surface area contributed by atoms with Crippen LogP contribution in [0.2, 0.25) is 0 Å². The van der Waals surface area contributed by atoms with Gasteiger partial charge in [0.1, 0.15) is 0 Å². The summed E-state index contributed by atoms with van der Waals surface area (Å²) in [5, 5.41) is 10.5. The predicted octanol–water partition coefficient (Wildman–Crippen LogP) is 1.13. The maximum absolute atomic E-state index is 12.3. The van der Waals surface area contributed by atoms with Gasteiger partial charge in [0.25, 0.3) is 5.69 Å². The van der Waals surface area contributed by atoms with E-state index in [-0.39, 0.29) is 29.0 Å². The number of non-ortho nitro benzene ring substituents is 1. The van der Waals surface area contributed by atoms with E-state index >= 15 is 0 Å². The average Bonchev–Trinajstić information content (AvgIpc) is 2.39. The Labute approximate surface area is 123 Å². The van der Waals surface area contributed by atoms with E-state index in [4.69, 9.17) is 5.73 Å². The molecule has 0 amide bonds. The van der Waals surface area contributed by atoms with Crippen LogP contribution in [0.25, 0.3) is 0 Å². The van der Waals surface area contributed by atoms with Crippen molar-refractivity contribution < 1.29 is 13.3 Å². The Morgan fingerprint density at radius 2 is 1.90 bits per heavy atom. The Morgan fingerprint density at radius 3 is 2.40 bits per heavy atom. The summed E-state index contributed by atoms with van der Waals surface area (Å²) in [7, 11) is -3.61. The molecule has 20 heavy (non-hydrogen) atoms. The maximum Gasteiger partial charge on any atom is 0.269 e. The van der Waals surface area contributed by atoms with Gasteiger partial charge in [-0.1, -0.05) is 0 Å². The van der Waals surface area contributed by atoms with E-state index in [1.807, 2.05) is 0 Å². The van der Waals surface area contributed by atoms with Gasteiger partial charge >= 0.3 is 0 Å². The lowest BCUT2D eigenvalue weighted by Gasteiger charge is -2.29. The van der Waals surface area contributed by atoms with E-state index < -0.39 is 14.9 Å². The molecule has 0 bridgehead atoms. The van der Waals surface area contributed by atoms with Crippen molar-refractivity contribution in [2.75, 3.05) is 13.1 Å². The van der Waals surface area contributed by atoms with E-state index in [1.165, 1.54) is 28.6 Å². The zero-order chi connectivity index (χ0) is 14.0. The first-order valence-corrected chi connectivity index (χ1v) is 7.35. The summed E-state index contributed by atoms with van der Waals surface area (Å²) in [6.07, 6.45) is 1.54. The summed E-state index contributed by atoms with van der Waals surface area (Å²) in [5.74, 6) is 0. The van der Waals surface area contributed by atoms with Gasteiger partial charge in [0.2, 0.25) is 10.0 Å². The van der Waals surface area contributed by atoms with Crippen molar-refractivity contribution in [3.8, 4) is 0 Å². The lowest BCUT2D eigenvalue weighted by molar-refractivity contribution is -0.384. The quantitative estimate of drug-likeness (QED) is 0.663. The highest BCUT2D eigenvalue weighted by atomic mass is 35.5. The largest absolute Gasteiger partial charge is 0.327 e. The second-order valence-corrected chi connectivity index (χ2v) is 6.45. The number of hydrogen-bond donors (Lipinski definition) is 1. The van der Waals surface area contributed by atoms with Crippen molar-refractivity contribution >= 4 is 28.1 Å². The van der Waals surface area contributed by atoms with Gasteiger partial charge in [-0.25, -0.2) is 8.42 Å². The molecule has 1 aromatic rings. The number of piperidine rings is 1. The number of nitro benzene ring substituents is 1. The van der Waals surface area contributed by atoms with E-state index in [0.717, 1.165) is 12.8 Å². The molecule has 1 aliphatic rings. The topological polar surface area (TPSA) is 107 Å². The average molecular weight is 322 g/mol. The molecule has 1 aliphatic heterocycles. The summed E-state index contributed by atoms with van der Waals surface area (Å²) in [4.78, 5) is 10.0. The molecule has 1 heterocycles. The van der Waals surface area contributed by atoms with Crippen LogP contribution in [0, 0.1) is 10.1 Å². The SMILES string of the molecule is Cl.NC1CCCN(S(=O)(=O)c2ccc([N+](=O)[O-])cc2)C1. The highest BCUT2D eigenvalue weighted by Crippen LogP contribution is 2.22. The van der Waals surface area contributed by atoms with Crippen LogP contribution in [-0.4, -0.2) is 36.8 Å². The minimum Gasteiger partial charge on any atom is -0.327 e. The van der Waals surface area contributed by atoms with E-state index in [0.29, 0.717) is 13.1 Å². The lowest BCUT2D eigenvalue weighted by atomic mass is 10.1. The van der Waals surface area contributed by atoms with E-state index in [1.54, 1.807) is 0 Å². The molecular weight excluding hydrogens is 306 g/mol. The van der Waals surface area contributed by atoms with Crippen molar-refractivity contribution in [3.05, 3.63) is 34.4 Å². The summed E-state index contributed by atoms with van der Waals surface area (Å²) in [6.45, 7) is 0.729. The Balaban J connectivity index is 0.00000200. The molecule has 112 valence electrons. The van der Waals surface area contributed by atoms with Crippen LogP contribution < -0.4 is 5.73 Å². The second kappa shape index (κ2) is 6.49. The number of nitro groups is 1. The molecule has 2 N–H and O–H groups in total. The molecule has 7 nitrogen and oxygen atoms in total. The summed E-state index contributed by atoms with van der Waals surface area (Å²) in [6, 6.07) is 4.75. The zero-order valence-electron chi connectivity index (χ0n) is 10.6. The van der Waals surface area contributed by atoms with Gasteiger partial charge in [-0.15, -0.1) is 12.4 Å². The van der Waals surface area contributed by atoms with Crippen molar-refractivity contribution in [3.63, 3.8) is 0 Å². The third-order valence-corrected chi connectivity index (χ3v) is 4.99. The van der Waals surface area contributed by atoms with Gasteiger partial charge in [-0.3, -0.25) is 10.1 Å². The summed E-state index contributed by atoms with van der Waals surface area (Å²) < 4.78 is 26.0. The van der Waals surface area contributed by atoms with Gasteiger partial charge in [-0.05, 0) is 25.0 Å². The number of hydrogen-bond acceptors (Lipinski definition) is 5. The monoisotopic (exact) mass is 321 g/mol. The van der Waals surface area contributed by atoms with Crippen molar-refractivity contribution in [1.82, 2.24) is 4.31 Å². The number of halogens is 1. The van der Waals surface area contributed by atoms with Gasteiger partial charge in [0.05, 0.1) is 9.82 Å². The minimum atomic E-state index is -3.61. The first kappa shape index (κ1) is 16.8. The fraction of sp³-hybridized carbons (Fsp3) is 0.455. The maximum atomic E-state index is 12.3. The Kier molecular flexibility index (Phi) is 5.46. The molecular formula is C11H16ClN3O4S. The zero-order valence-corrected chi connectivity index (χ0v) is 12.3. The second-order valence-electron chi connectivity index (χ2n) is 4.52. The standard InChI is InChI=1S/C11H15N3O4S.ClH/c12-9-2-1-7-13(8-9)19(17,18)11-5-3-10(4-6-11)14(15)16;/h3-6,9H,1-2,7-8,12H2;1H. The fourth-order valence-electron chi connectivity index (χ4n) is 2.08. The third kappa shape index (κ3) is 3.45. The summed E-state index contributed by atoms with van der Waals surface area (Å²) in [5.41, 5.74) is 5.64. The molecule has 0 aromatic heterocycles. The molecule has 0 saturated carbocycles. The first-order chi connectivity index (χ1) is 8.91. The molecule has 1 unspecified atom stereocenters. The molecule has 1 atom stereocenters. The lowest BCUT2D eigenvalue weighted by Crippen LogP contribution is -2.45. The van der Waals surface area contributed by atoms with Crippen LogP contribution in [0.3, 0.4) is 0 Å². The van der Waals surface area contributed by atoms with Crippen LogP contribution in [0.1, 0.15) is 12.8 Å². The van der Waals surface area contributed by atoms with Gasteiger partial charge in [0, 0.05) is 31.3 Å². The van der Waals surface area contributed by atoms with Crippen molar-refractivity contribution in [1.29, 1.82) is 0 Å². The van der Waals surface area contributed by atoms with Gasteiger partial charge in [0.15, 0.2) is 0 Å². The smallest absolute Gasteiger partial charge is 0.269 e. The normalized spacial score (nSPS) is 20.1. The third-order valence-electron chi connectivity index (χ3n) is 3.11. The number of nitrogens with two attached hydrogens (primary N) is 1. The molecule has 1 aromatic carbocycles. The van der Waals surface area contributed by atoms with Crippen LogP contribution in [-0.2, 0) is 10.0 Å². The van der Waals surface area contributed by atoms with Crippen molar-refractivity contribution in [2.45, 2.75) is 23.8 Å². The molecule has 0 aliphatic carbocycles. The van der Waals surface area contributed by atoms with E-state index in [9.17, 15) is 18.5 Å². The molecule has 1 saturated heterocycles. The van der Waals surface area contributed by atoms with Crippen molar-refractivity contribution in [2.24, 2.45) is 5.73 Å². The number of nitrogens with zero attached hydrogens (tertiary/aromatic N) is 2. The Morgan fingerprint density at radius 1 is 1.30 bits per heavy atom. The highest BCUT2D eigenvalue weighted by molar-refractivity contribution is 7.89. The molecule has 0 spiro atoms. The fourth-order valence-corrected chi connectivity index (χ4v) is 3.62. The molecule has 0 radical (unpaired) electrons. The summed E-state index contributed by atoms with van der Waals surface area (Å²) >= 11 is 0. The van der Waals surface area contributed by atoms with Gasteiger partial charge in [-0.2, -0.15) is 4.31 Å². The Hall–Kier alpha value is -1.22. The highest BCUT2D eigenvalue weighted by Gasteiger charge is 2.29. The number of rotatable bonds is 3. The van der Waals surface area contributed by atoms with Crippen LogP contribution in [0.4, 0.5) is 5.69 Å². The molecule has 2 rings (SSSR count). The number of sulfonamides is 1.